The van der Waals surface area contributed by atoms with Crippen LogP contribution in [0.1, 0.15) is 49.1 Å². The van der Waals surface area contributed by atoms with Crippen LogP contribution < -0.4 is 5.32 Å². The van der Waals surface area contributed by atoms with Crippen LogP contribution in [-0.4, -0.2) is 5.91 Å². The molecule has 0 unspecified atom stereocenters. The fraction of sp³-hybridized carbons (Fsp3) is 0.333. The van der Waals surface area contributed by atoms with E-state index in [-0.39, 0.29) is 17.5 Å². The van der Waals surface area contributed by atoms with Crippen LogP contribution in [0.4, 0.5) is 14.5 Å². The second kappa shape index (κ2) is 8.09. The van der Waals surface area contributed by atoms with Crippen molar-refractivity contribution in [1.29, 1.82) is 5.26 Å². The number of benzene rings is 2. The van der Waals surface area contributed by atoms with Crippen LogP contribution in [0, 0.1) is 28.9 Å². The van der Waals surface area contributed by atoms with Gasteiger partial charge in [0.2, 0.25) is 5.91 Å². The lowest BCUT2D eigenvalue weighted by Gasteiger charge is -2.28. The normalized spacial score (nSPS) is 19.6. The van der Waals surface area contributed by atoms with Crippen molar-refractivity contribution in [3.05, 3.63) is 65.2 Å². The summed E-state index contributed by atoms with van der Waals surface area (Å²) in [5.74, 6) is -1.64. The molecule has 2 aromatic carbocycles. The first-order valence-electron chi connectivity index (χ1n) is 8.80. The Bertz CT molecular complexity index is 836. The van der Waals surface area contributed by atoms with Crippen molar-refractivity contribution in [2.45, 2.75) is 38.0 Å². The van der Waals surface area contributed by atoms with Crippen LogP contribution in [0.3, 0.4) is 0 Å². The molecule has 26 heavy (non-hydrogen) atoms. The molecule has 0 spiro atoms. The maximum atomic E-state index is 13.6. The predicted molar refractivity (Wildman–Crippen MR) is 95.5 cm³/mol. The van der Waals surface area contributed by atoms with Gasteiger partial charge in [-0.05, 0) is 67.3 Å². The SMILES string of the molecule is N#Cc1cccc(C2CCC(CC(=O)Nc3cccc(F)c3F)CC2)c1. The minimum Gasteiger partial charge on any atom is -0.323 e. The third-order valence-electron chi connectivity index (χ3n) is 5.03. The van der Waals surface area contributed by atoms with Crippen molar-refractivity contribution in [2.75, 3.05) is 5.32 Å². The Morgan fingerprint density at radius 1 is 1.12 bits per heavy atom. The Kier molecular flexibility index (Phi) is 5.62. The first-order chi connectivity index (χ1) is 12.6. The maximum Gasteiger partial charge on any atom is 0.224 e. The van der Waals surface area contributed by atoms with Crippen molar-refractivity contribution in [2.24, 2.45) is 5.92 Å². The van der Waals surface area contributed by atoms with Crippen LogP contribution in [0.15, 0.2) is 42.5 Å². The van der Waals surface area contributed by atoms with Crippen molar-refractivity contribution >= 4 is 11.6 Å². The van der Waals surface area contributed by atoms with Gasteiger partial charge in [-0.15, -0.1) is 0 Å². The van der Waals surface area contributed by atoms with E-state index in [0.29, 0.717) is 17.9 Å². The molecule has 1 N–H and O–H groups in total. The van der Waals surface area contributed by atoms with Crippen LogP contribution in [-0.2, 0) is 4.79 Å². The number of rotatable bonds is 4. The lowest BCUT2D eigenvalue weighted by Crippen LogP contribution is -2.21. The first-order valence-corrected chi connectivity index (χ1v) is 8.80. The van der Waals surface area contributed by atoms with E-state index in [2.05, 4.69) is 11.4 Å². The maximum absolute atomic E-state index is 13.6. The van der Waals surface area contributed by atoms with Gasteiger partial charge >= 0.3 is 0 Å². The van der Waals surface area contributed by atoms with Crippen LogP contribution in [0.5, 0.6) is 0 Å². The molecule has 0 heterocycles. The van der Waals surface area contributed by atoms with Gasteiger partial charge in [0.25, 0.3) is 0 Å². The second-order valence-corrected chi connectivity index (χ2v) is 6.81. The van der Waals surface area contributed by atoms with Crippen molar-refractivity contribution in [3.63, 3.8) is 0 Å². The summed E-state index contributed by atoms with van der Waals surface area (Å²) in [5, 5.41) is 11.5. The highest BCUT2D eigenvalue weighted by Crippen LogP contribution is 2.37. The van der Waals surface area contributed by atoms with Crippen LogP contribution >= 0.6 is 0 Å². The van der Waals surface area contributed by atoms with E-state index in [0.717, 1.165) is 31.7 Å². The summed E-state index contributed by atoms with van der Waals surface area (Å²) in [7, 11) is 0. The third-order valence-corrected chi connectivity index (χ3v) is 5.03. The fourth-order valence-electron chi connectivity index (χ4n) is 3.63. The summed E-state index contributed by atoms with van der Waals surface area (Å²) in [6.45, 7) is 0. The summed E-state index contributed by atoms with van der Waals surface area (Å²) in [5.41, 5.74) is 1.73. The molecule has 2 aromatic rings. The van der Waals surface area contributed by atoms with Gasteiger partial charge in [0.05, 0.1) is 17.3 Å². The Balaban J connectivity index is 1.53. The van der Waals surface area contributed by atoms with E-state index in [1.54, 1.807) is 6.07 Å². The lowest BCUT2D eigenvalue weighted by molar-refractivity contribution is -0.117. The molecule has 1 saturated carbocycles. The third kappa shape index (κ3) is 4.26. The van der Waals surface area contributed by atoms with Gasteiger partial charge in [-0.1, -0.05) is 18.2 Å². The number of nitriles is 1. The van der Waals surface area contributed by atoms with E-state index in [1.165, 1.54) is 17.7 Å². The monoisotopic (exact) mass is 354 g/mol. The van der Waals surface area contributed by atoms with Gasteiger partial charge in [0.15, 0.2) is 11.6 Å². The molecule has 1 aliphatic rings. The Morgan fingerprint density at radius 2 is 1.85 bits per heavy atom. The molecule has 1 amide bonds. The average Bonchev–Trinajstić information content (AvgIpc) is 2.66. The topological polar surface area (TPSA) is 52.9 Å². The van der Waals surface area contributed by atoms with Crippen LogP contribution in [0.2, 0.25) is 0 Å². The quantitative estimate of drug-likeness (QED) is 0.826. The second-order valence-electron chi connectivity index (χ2n) is 6.81. The number of hydrogen-bond acceptors (Lipinski definition) is 2. The summed E-state index contributed by atoms with van der Waals surface area (Å²) in [6, 6.07) is 13.6. The minimum absolute atomic E-state index is 0.114. The zero-order valence-electron chi connectivity index (χ0n) is 14.3. The van der Waals surface area contributed by atoms with Crippen molar-refractivity contribution < 1.29 is 13.6 Å². The van der Waals surface area contributed by atoms with E-state index in [4.69, 9.17) is 5.26 Å². The fourth-order valence-corrected chi connectivity index (χ4v) is 3.63. The smallest absolute Gasteiger partial charge is 0.224 e. The van der Waals surface area contributed by atoms with E-state index in [9.17, 15) is 13.6 Å². The molecule has 0 aliphatic heterocycles. The van der Waals surface area contributed by atoms with E-state index in [1.807, 2.05) is 18.2 Å². The summed E-state index contributed by atoms with van der Waals surface area (Å²) >= 11 is 0. The molecule has 1 fully saturated rings. The zero-order chi connectivity index (χ0) is 18.5. The molecule has 0 radical (unpaired) electrons. The Hall–Kier alpha value is -2.74. The van der Waals surface area contributed by atoms with Gasteiger partial charge in [-0.2, -0.15) is 5.26 Å². The summed E-state index contributed by atoms with van der Waals surface area (Å²) in [4.78, 5) is 12.1. The first kappa shape index (κ1) is 18.1. The van der Waals surface area contributed by atoms with Crippen molar-refractivity contribution in [1.82, 2.24) is 0 Å². The molecule has 0 atom stereocenters. The highest BCUT2D eigenvalue weighted by atomic mass is 19.2. The number of halogens is 2. The number of nitrogens with zero attached hydrogens (tertiary/aromatic N) is 1. The predicted octanol–water partition coefficient (Wildman–Crippen LogP) is 5.14. The molecular formula is C21H20F2N2O. The van der Waals surface area contributed by atoms with Crippen molar-refractivity contribution in [3.8, 4) is 6.07 Å². The highest BCUT2D eigenvalue weighted by Gasteiger charge is 2.24. The van der Waals surface area contributed by atoms with Gasteiger partial charge in [0, 0.05) is 6.42 Å². The number of nitrogens with one attached hydrogen (secondary N) is 1. The molecule has 5 heteroatoms. The summed E-state index contributed by atoms with van der Waals surface area (Å²) < 4.78 is 26.8. The lowest BCUT2D eigenvalue weighted by atomic mass is 9.77. The molecule has 0 bridgehead atoms. The molecule has 0 saturated heterocycles. The largest absolute Gasteiger partial charge is 0.323 e. The Morgan fingerprint density at radius 3 is 2.58 bits per heavy atom. The molecule has 0 aromatic heterocycles. The molecule has 3 nitrogen and oxygen atoms in total. The molecule has 134 valence electrons. The van der Waals surface area contributed by atoms with Gasteiger partial charge in [0.1, 0.15) is 0 Å². The number of carbonyl (C=O) groups excluding carboxylic acids is 1. The number of anilines is 1. The number of carbonyl (C=O) groups is 1. The standard InChI is InChI=1S/C21H20F2N2O/c22-18-5-2-6-19(21(18)23)25-20(26)12-14-7-9-16(10-8-14)17-4-1-3-15(11-17)13-24/h1-6,11,14,16H,7-10,12H2,(H,25,26). The Labute approximate surface area is 151 Å². The molecule has 3 rings (SSSR count). The minimum atomic E-state index is -1.03. The van der Waals surface area contributed by atoms with Gasteiger partial charge < -0.3 is 5.32 Å². The van der Waals surface area contributed by atoms with Gasteiger partial charge in [-0.3, -0.25) is 4.79 Å². The van der Waals surface area contributed by atoms with Gasteiger partial charge in [-0.25, -0.2) is 8.78 Å². The molecular weight excluding hydrogens is 334 g/mol. The molecule has 1 aliphatic carbocycles. The van der Waals surface area contributed by atoms with E-state index < -0.39 is 11.6 Å². The average molecular weight is 354 g/mol. The zero-order valence-corrected chi connectivity index (χ0v) is 14.3. The van der Waals surface area contributed by atoms with E-state index >= 15 is 0 Å². The van der Waals surface area contributed by atoms with Crippen LogP contribution in [0.25, 0.3) is 0 Å². The number of amides is 1. The number of hydrogen-bond donors (Lipinski definition) is 1. The summed E-state index contributed by atoms with van der Waals surface area (Å²) in [6.07, 6.45) is 4.03. The highest BCUT2D eigenvalue weighted by molar-refractivity contribution is 5.90.